The molecule has 0 spiro atoms. The maximum atomic E-state index is 5.62. The number of rotatable bonds is 2. The molecular weight excluding hydrogens is 146 g/mol. The van der Waals surface area contributed by atoms with Gasteiger partial charge in [0.05, 0.1) is 0 Å². The van der Waals surface area contributed by atoms with Crippen LogP contribution in [0.5, 0.6) is 0 Å². The molecule has 0 aliphatic heterocycles. The molecule has 0 atom stereocenters. The first-order valence-corrected chi connectivity index (χ1v) is 3.92. The van der Waals surface area contributed by atoms with E-state index in [-0.39, 0.29) is 0 Å². The van der Waals surface area contributed by atoms with Crippen molar-refractivity contribution in [2.75, 3.05) is 0 Å². The average molecular weight is 159 g/mol. The zero-order chi connectivity index (χ0) is 8.97. The molecule has 0 aliphatic carbocycles. The lowest BCUT2D eigenvalue weighted by Gasteiger charge is -2.04. The first kappa shape index (κ1) is 8.60. The van der Waals surface area contributed by atoms with Crippen LogP contribution in [0.1, 0.15) is 12.5 Å². The minimum atomic E-state index is 0.615. The monoisotopic (exact) mass is 159 g/mol. The Balaban J connectivity index is 3.05. The van der Waals surface area contributed by atoms with Crippen LogP contribution in [0.15, 0.2) is 48.7 Å². The second-order valence-corrected chi connectivity index (χ2v) is 2.59. The Morgan fingerprint density at radius 1 is 1.33 bits per heavy atom. The SMILES string of the molecule is C=C(N)/C(=C\C)c1ccccc1. The molecule has 0 radical (unpaired) electrons. The molecule has 0 fully saturated rings. The van der Waals surface area contributed by atoms with Crippen LogP contribution in [-0.4, -0.2) is 0 Å². The summed E-state index contributed by atoms with van der Waals surface area (Å²) in [7, 11) is 0. The number of allylic oxidation sites excluding steroid dienone is 2. The van der Waals surface area contributed by atoms with Crippen LogP contribution in [0, 0.1) is 0 Å². The smallest absolute Gasteiger partial charge is 0.0317 e. The average Bonchev–Trinajstić information content (AvgIpc) is 2.07. The Kier molecular flexibility index (Phi) is 2.70. The molecule has 1 aromatic carbocycles. The van der Waals surface area contributed by atoms with Gasteiger partial charge in [-0.3, -0.25) is 0 Å². The van der Waals surface area contributed by atoms with Gasteiger partial charge in [-0.05, 0) is 18.1 Å². The summed E-state index contributed by atoms with van der Waals surface area (Å²) >= 11 is 0. The molecule has 1 nitrogen and oxygen atoms in total. The normalized spacial score (nSPS) is 11.2. The lowest BCUT2D eigenvalue weighted by Crippen LogP contribution is -1.97. The Morgan fingerprint density at radius 2 is 1.92 bits per heavy atom. The fourth-order valence-corrected chi connectivity index (χ4v) is 1.16. The molecular formula is C11H13N. The van der Waals surface area contributed by atoms with Crippen LogP contribution < -0.4 is 5.73 Å². The second-order valence-electron chi connectivity index (χ2n) is 2.59. The molecule has 62 valence electrons. The van der Waals surface area contributed by atoms with E-state index in [1.54, 1.807) is 0 Å². The van der Waals surface area contributed by atoms with Crippen molar-refractivity contribution in [1.82, 2.24) is 0 Å². The van der Waals surface area contributed by atoms with E-state index >= 15 is 0 Å². The Morgan fingerprint density at radius 3 is 2.33 bits per heavy atom. The van der Waals surface area contributed by atoms with Crippen LogP contribution in [0.3, 0.4) is 0 Å². The van der Waals surface area contributed by atoms with Gasteiger partial charge in [0.2, 0.25) is 0 Å². The third-order valence-corrected chi connectivity index (χ3v) is 1.72. The van der Waals surface area contributed by atoms with Gasteiger partial charge in [-0.25, -0.2) is 0 Å². The van der Waals surface area contributed by atoms with Gasteiger partial charge >= 0.3 is 0 Å². The third kappa shape index (κ3) is 1.76. The summed E-state index contributed by atoms with van der Waals surface area (Å²) < 4.78 is 0. The first-order valence-electron chi connectivity index (χ1n) is 3.92. The summed E-state index contributed by atoms with van der Waals surface area (Å²) in [6, 6.07) is 10.0. The number of hydrogen-bond acceptors (Lipinski definition) is 1. The second kappa shape index (κ2) is 3.77. The lowest BCUT2D eigenvalue weighted by atomic mass is 10.0. The van der Waals surface area contributed by atoms with Crippen LogP contribution in [-0.2, 0) is 0 Å². The number of benzene rings is 1. The summed E-state index contributed by atoms with van der Waals surface area (Å²) in [6.45, 7) is 5.67. The molecule has 0 saturated heterocycles. The third-order valence-electron chi connectivity index (χ3n) is 1.72. The number of nitrogens with two attached hydrogens (primary N) is 1. The van der Waals surface area contributed by atoms with Gasteiger partial charge in [-0.2, -0.15) is 0 Å². The zero-order valence-corrected chi connectivity index (χ0v) is 7.25. The molecule has 0 unspecified atom stereocenters. The van der Waals surface area contributed by atoms with Crippen molar-refractivity contribution >= 4 is 5.57 Å². The molecule has 1 rings (SSSR count). The Labute approximate surface area is 73.2 Å². The Bertz CT molecular complexity index is 296. The fourth-order valence-electron chi connectivity index (χ4n) is 1.16. The minimum Gasteiger partial charge on any atom is -0.399 e. The van der Waals surface area contributed by atoms with Crippen LogP contribution in [0.4, 0.5) is 0 Å². The van der Waals surface area contributed by atoms with Gasteiger partial charge in [-0.15, -0.1) is 0 Å². The summed E-state index contributed by atoms with van der Waals surface area (Å²) in [5.74, 6) is 0. The summed E-state index contributed by atoms with van der Waals surface area (Å²) in [4.78, 5) is 0. The maximum absolute atomic E-state index is 5.62. The molecule has 0 heterocycles. The minimum absolute atomic E-state index is 0.615. The van der Waals surface area contributed by atoms with Crippen molar-refractivity contribution < 1.29 is 0 Å². The highest BCUT2D eigenvalue weighted by Gasteiger charge is 1.98. The summed E-state index contributed by atoms with van der Waals surface area (Å²) in [5.41, 5.74) is 8.36. The van der Waals surface area contributed by atoms with Crippen molar-refractivity contribution in [2.24, 2.45) is 5.73 Å². The molecule has 12 heavy (non-hydrogen) atoms. The van der Waals surface area contributed by atoms with Crippen LogP contribution in [0.25, 0.3) is 5.57 Å². The Hall–Kier alpha value is -1.50. The maximum Gasteiger partial charge on any atom is 0.0317 e. The van der Waals surface area contributed by atoms with Crippen molar-refractivity contribution in [3.63, 3.8) is 0 Å². The van der Waals surface area contributed by atoms with Gasteiger partial charge in [0.1, 0.15) is 0 Å². The topological polar surface area (TPSA) is 26.0 Å². The van der Waals surface area contributed by atoms with Gasteiger partial charge in [-0.1, -0.05) is 43.0 Å². The van der Waals surface area contributed by atoms with E-state index in [1.165, 1.54) is 0 Å². The van der Waals surface area contributed by atoms with Gasteiger partial charge in [0, 0.05) is 5.70 Å². The molecule has 0 aliphatic rings. The standard InChI is InChI=1S/C11H13N/c1-3-11(9(2)12)10-7-5-4-6-8-10/h3-8H,2,12H2,1H3/b11-3+. The van der Waals surface area contributed by atoms with Crippen LogP contribution in [0.2, 0.25) is 0 Å². The highest BCUT2D eigenvalue weighted by atomic mass is 14.6. The van der Waals surface area contributed by atoms with Crippen molar-refractivity contribution in [3.8, 4) is 0 Å². The molecule has 0 saturated carbocycles. The van der Waals surface area contributed by atoms with Crippen molar-refractivity contribution in [1.29, 1.82) is 0 Å². The molecule has 0 amide bonds. The predicted octanol–water partition coefficient (Wildman–Crippen LogP) is 2.56. The van der Waals surface area contributed by atoms with Gasteiger partial charge in [0.25, 0.3) is 0 Å². The van der Waals surface area contributed by atoms with E-state index in [0.717, 1.165) is 11.1 Å². The largest absolute Gasteiger partial charge is 0.399 e. The van der Waals surface area contributed by atoms with Crippen molar-refractivity contribution in [3.05, 3.63) is 54.2 Å². The molecule has 2 N–H and O–H groups in total. The van der Waals surface area contributed by atoms with E-state index in [2.05, 4.69) is 6.58 Å². The first-order chi connectivity index (χ1) is 5.75. The van der Waals surface area contributed by atoms with E-state index < -0.39 is 0 Å². The van der Waals surface area contributed by atoms with Gasteiger partial charge in [0.15, 0.2) is 0 Å². The highest BCUT2D eigenvalue weighted by molar-refractivity contribution is 5.77. The molecule has 1 aromatic rings. The fraction of sp³-hybridized carbons (Fsp3) is 0.0909. The van der Waals surface area contributed by atoms with E-state index in [9.17, 15) is 0 Å². The van der Waals surface area contributed by atoms with Crippen molar-refractivity contribution in [2.45, 2.75) is 6.92 Å². The highest BCUT2D eigenvalue weighted by Crippen LogP contribution is 2.17. The zero-order valence-electron chi connectivity index (χ0n) is 7.25. The lowest BCUT2D eigenvalue weighted by molar-refractivity contribution is 1.43. The van der Waals surface area contributed by atoms with E-state index in [4.69, 9.17) is 5.73 Å². The summed E-state index contributed by atoms with van der Waals surface area (Å²) in [5, 5.41) is 0. The summed E-state index contributed by atoms with van der Waals surface area (Å²) in [6.07, 6.45) is 1.97. The van der Waals surface area contributed by atoms with Gasteiger partial charge < -0.3 is 5.73 Å². The van der Waals surface area contributed by atoms with E-state index in [0.29, 0.717) is 5.70 Å². The molecule has 1 heteroatoms. The molecule has 0 bridgehead atoms. The van der Waals surface area contributed by atoms with Crippen LogP contribution >= 0.6 is 0 Å². The molecule has 0 aromatic heterocycles. The van der Waals surface area contributed by atoms with E-state index in [1.807, 2.05) is 43.3 Å². The quantitative estimate of drug-likeness (QED) is 0.659. The predicted molar refractivity (Wildman–Crippen MR) is 53.4 cm³/mol. The number of hydrogen-bond donors (Lipinski definition) is 1.